The summed E-state index contributed by atoms with van der Waals surface area (Å²) in [6.45, 7) is 3.67. The van der Waals surface area contributed by atoms with Gasteiger partial charge in [0, 0.05) is 42.7 Å². The van der Waals surface area contributed by atoms with Crippen LogP contribution < -0.4 is 10.6 Å². The normalized spacial score (nSPS) is 14.7. The fourth-order valence-corrected chi connectivity index (χ4v) is 3.67. The summed E-state index contributed by atoms with van der Waals surface area (Å²) in [5, 5.41) is 6.85. The van der Waals surface area contributed by atoms with E-state index in [2.05, 4.69) is 10.6 Å². The van der Waals surface area contributed by atoms with Crippen LogP contribution in [0.3, 0.4) is 0 Å². The van der Waals surface area contributed by atoms with E-state index in [1.165, 1.54) is 0 Å². The first-order valence-electron chi connectivity index (χ1n) is 9.35. The maximum atomic E-state index is 12.4. The summed E-state index contributed by atoms with van der Waals surface area (Å²) in [7, 11) is 1.61. The van der Waals surface area contributed by atoms with Crippen LogP contribution in [0.5, 0.6) is 0 Å². The zero-order valence-electron chi connectivity index (χ0n) is 15.5. The molecule has 0 atom stereocenters. The Kier molecular flexibility index (Phi) is 5.93. The monoisotopic (exact) mass is 357 g/mol. The predicted molar refractivity (Wildman–Crippen MR) is 102 cm³/mol. The lowest BCUT2D eigenvalue weighted by Crippen LogP contribution is -2.28. The molecule has 140 valence electrons. The lowest BCUT2D eigenvalue weighted by Gasteiger charge is -2.11. The number of carbonyl (C=O) groups excluding carboxylic acids is 2. The van der Waals surface area contributed by atoms with Gasteiger partial charge >= 0.3 is 0 Å². The van der Waals surface area contributed by atoms with E-state index in [-0.39, 0.29) is 17.7 Å². The highest BCUT2D eigenvalue weighted by Crippen LogP contribution is 2.28. The first-order valence-corrected chi connectivity index (χ1v) is 9.35. The number of ether oxygens (including phenoxy) is 1. The summed E-state index contributed by atoms with van der Waals surface area (Å²) in [5.41, 5.74) is 2.40. The highest BCUT2D eigenvalue weighted by molar-refractivity contribution is 6.00. The molecule has 6 heteroatoms. The zero-order chi connectivity index (χ0) is 18.5. The van der Waals surface area contributed by atoms with Crippen LogP contribution in [0.1, 0.15) is 43.1 Å². The van der Waals surface area contributed by atoms with E-state index in [0.29, 0.717) is 25.4 Å². The van der Waals surface area contributed by atoms with Crippen LogP contribution in [0.2, 0.25) is 0 Å². The van der Waals surface area contributed by atoms with Crippen molar-refractivity contribution in [3.05, 3.63) is 30.0 Å². The maximum absolute atomic E-state index is 12.4. The molecule has 2 N–H and O–H groups in total. The molecule has 2 amide bonds. The van der Waals surface area contributed by atoms with Crippen LogP contribution in [-0.4, -0.2) is 36.6 Å². The van der Waals surface area contributed by atoms with Gasteiger partial charge in [-0.05, 0) is 44.0 Å². The van der Waals surface area contributed by atoms with Crippen molar-refractivity contribution in [3.63, 3.8) is 0 Å². The number of carbonyl (C=O) groups is 2. The van der Waals surface area contributed by atoms with Gasteiger partial charge in [0.2, 0.25) is 5.91 Å². The average Bonchev–Trinajstić information content (AvgIpc) is 3.29. The van der Waals surface area contributed by atoms with E-state index in [0.717, 1.165) is 42.3 Å². The van der Waals surface area contributed by atoms with Crippen molar-refractivity contribution in [2.45, 2.75) is 39.2 Å². The summed E-state index contributed by atoms with van der Waals surface area (Å²) in [6, 6.07) is 7.70. The number of aryl methyl sites for hydroxylation is 1. The van der Waals surface area contributed by atoms with E-state index in [4.69, 9.17) is 4.74 Å². The third-order valence-corrected chi connectivity index (χ3v) is 5.04. The average molecular weight is 357 g/mol. The summed E-state index contributed by atoms with van der Waals surface area (Å²) < 4.78 is 6.96. The minimum absolute atomic E-state index is 0.106. The molecule has 1 fully saturated rings. The molecule has 0 bridgehead atoms. The second-order valence-electron chi connectivity index (χ2n) is 6.77. The Morgan fingerprint density at radius 1 is 1.23 bits per heavy atom. The fraction of sp³-hybridized carbons (Fsp3) is 0.500. The van der Waals surface area contributed by atoms with Gasteiger partial charge in [-0.1, -0.05) is 12.8 Å². The molecule has 1 heterocycles. The van der Waals surface area contributed by atoms with Crippen molar-refractivity contribution in [2.75, 3.05) is 25.6 Å². The largest absolute Gasteiger partial charge is 0.383 e. The Balaban J connectivity index is 1.80. The Hall–Kier alpha value is -2.34. The molecule has 1 aliphatic carbocycles. The third-order valence-electron chi connectivity index (χ3n) is 5.04. The van der Waals surface area contributed by atoms with Gasteiger partial charge in [0.15, 0.2) is 0 Å². The van der Waals surface area contributed by atoms with Gasteiger partial charge < -0.3 is 19.9 Å². The highest BCUT2D eigenvalue weighted by atomic mass is 16.5. The first kappa shape index (κ1) is 18.5. The lowest BCUT2D eigenvalue weighted by atomic mass is 10.1. The molecule has 0 radical (unpaired) electrons. The number of anilines is 1. The minimum Gasteiger partial charge on any atom is -0.383 e. The maximum Gasteiger partial charge on any atom is 0.268 e. The number of rotatable bonds is 7. The molecule has 0 unspecified atom stereocenters. The molecular weight excluding hydrogens is 330 g/mol. The van der Waals surface area contributed by atoms with Gasteiger partial charge in [0.1, 0.15) is 5.69 Å². The zero-order valence-corrected chi connectivity index (χ0v) is 15.5. The summed E-state index contributed by atoms with van der Waals surface area (Å²) in [5.74, 6) is 0.124. The van der Waals surface area contributed by atoms with Crippen LogP contribution in [0, 0.1) is 5.92 Å². The highest BCUT2D eigenvalue weighted by Gasteiger charge is 2.23. The lowest BCUT2D eigenvalue weighted by molar-refractivity contribution is -0.119. The topological polar surface area (TPSA) is 72.4 Å². The first-order chi connectivity index (χ1) is 12.6. The minimum atomic E-state index is -0.114. The molecule has 3 rings (SSSR count). The molecule has 1 saturated carbocycles. The Labute approximate surface area is 153 Å². The number of benzene rings is 1. The Morgan fingerprint density at radius 3 is 2.69 bits per heavy atom. The van der Waals surface area contributed by atoms with Crippen LogP contribution >= 0.6 is 0 Å². The third kappa shape index (κ3) is 3.90. The molecule has 0 saturated heterocycles. The second-order valence-corrected chi connectivity index (χ2v) is 6.77. The number of nitrogens with one attached hydrogen (secondary N) is 2. The van der Waals surface area contributed by atoms with Crippen LogP contribution in [0.15, 0.2) is 24.3 Å². The van der Waals surface area contributed by atoms with Crippen LogP contribution in [0.25, 0.3) is 10.9 Å². The summed E-state index contributed by atoms with van der Waals surface area (Å²) in [6.07, 6.45) is 4.23. The Bertz CT molecular complexity index is 791. The standard InChI is InChI=1S/C20H27N3O3/c1-3-23-17-9-8-16(22-19(24)14-6-4-5-7-14)12-15(17)13-18(23)20(25)21-10-11-26-2/h8-9,12-14H,3-7,10-11H2,1-2H3,(H,21,25)(H,22,24). The number of amides is 2. The van der Waals surface area contributed by atoms with E-state index in [1.807, 2.05) is 35.8 Å². The Morgan fingerprint density at radius 2 is 2.00 bits per heavy atom. The smallest absolute Gasteiger partial charge is 0.268 e. The van der Waals surface area contributed by atoms with Gasteiger partial charge in [0.05, 0.1) is 6.61 Å². The molecule has 0 spiro atoms. The molecule has 26 heavy (non-hydrogen) atoms. The number of nitrogens with zero attached hydrogens (tertiary/aromatic N) is 1. The van der Waals surface area contributed by atoms with E-state index < -0.39 is 0 Å². The van der Waals surface area contributed by atoms with E-state index in [1.54, 1.807) is 7.11 Å². The van der Waals surface area contributed by atoms with Gasteiger partial charge in [-0.3, -0.25) is 9.59 Å². The fourth-order valence-electron chi connectivity index (χ4n) is 3.67. The van der Waals surface area contributed by atoms with Crippen LogP contribution in [-0.2, 0) is 16.1 Å². The number of hydrogen-bond donors (Lipinski definition) is 2. The molecule has 1 aliphatic rings. The molecule has 0 aliphatic heterocycles. The van der Waals surface area contributed by atoms with E-state index in [9.17, 15) is 9.59 Å². The summed E-state index contributed by atoms with van der Waals surface area (Å²) >= 11 is 0. The molecule has 6 nitrogen and oxygen atoms in total. The predicted octanol–water partition coefficient (Wildman–Crippen LogP) is 3.17. The summed E-state index contributed by atoms with van der Waals surface area (Å²) in [4.78, 5) is 24.8. The van der Waals surface area contributed by atoms with Crippen molar-refractivity contribution in [1.29, 1.82) is 0 Å². The quantitative estimate of drug-likeness (QED) is 0.748. The number of hydrogen-bond acceptors (Lipinski definition) is 3. The number of fused-ring (bicyclic) bond motifs is 1. The molecule has 2 aromatic rings. The van der Waals surface area contributed by atoms with E-state index >= 15 is 0 Å². The van der Waals surface area contributed by atoms with Crippen molar-refractivity contribution in [2.24, 2.45) is 5.92 Å². The van der Waals surface area contributed by atoms with Gasteiger partial charge in [-0.15, -0.1) is 0 Å². The van der Waals surface area contributed by atoms with Crippen LogP contribution in [0.4, 0.5) is 5.69 Å². The second kappa shape index (κ2) is 8.36. The van der Waals surface area contributed by atoms with Gasteiger partial charge in [-0.2, -0.15) is 0 Å². The van der Waals surface area contributed by atoms with Gasteiger partial charge in [-0.25, -0.2) is 0 Å². The van der Waals surface area contributed by atoms with Crippen molar-refractivity contribution < 1.29 is 14.3 Å². The molecule has 1 aromatic heterocycles. The van der Waals surface area contributed by atoms with Gasteiger partial charge in [0.25, 0.3) is 5.91 Å². The van der Waals surface area contributed by atoms with Crippen molar-refractivity contribution in [3.8, 4) is 0 Å². The van der Waals surface area contributed by atoms with Crippen molar-refractivity contribution in [1.82, 2.24) is 9.88 Å². The molecular formula is C20H27N3O3. The van der Waals surface area contributed by atoms with Crippen molar-refractivity contribution >= 4 is 28.4 Å². The SMILES string of the molecule is CCn1c(C(=O)NCCOC)cc2cc(NC(=O)C3CCCC3)ccc21. The number of methoxy groups -OCH3 is 1. The molecule has 1 aromatic carbocycles. The number of aromatic nitrogens is 1.